The molecule has 0 unspecified atom stereocenters. The Labute approximate surface area is 44.6 Å². The first kappa shape index (κ1) is 6.09. The molecule has 0 aromatic rings. The van der Waals surface area contributed by atoms with Crippen molar-refractivity contribution in [3.05, 3.63) is 0 Å². The van der Waals surface area contributed by atoms with Crippen LogP contribution >= 0.6 is 12.2 Å². The highest BCUT2D eigenvalue weighted by Crippen LogP contribution is 1.93. The Morgan fingerprint density at radius 3 is 2.17 bits per heavy atom. The maximum atomic E-state index is 4.48. The van der Waals surface area contributed by atoms with Gasteiger partial charge in [0.15, 0.2) is 0 Å². The van der Waals surface area contributed by atoms with Gasteiger partial charge in [-0.1, -0.05) is 26.1 Å². The Morgan fingerprint density at radius 2 is 2.17 bits per heavy atom. The SMILES string of the molecule is CC(C)C[C]=S. The summed E-state index contributed by atoms with van der Waals surface area (Å²) in [5.74, 6) is 0.683. The second-order valence-electron chi connectivity index (χ2n) is 1.74. The highest BCUT2D eigenvalue weighted by molar-refractivity contribution is 7.78. The van der Waals surface area contributed by atoms with E-state index in [9.17, 15) is 0 Å². The third-order valence-electron chi connectivity index (χ3n) is 0.492. The van der Waals surface area contributed by atoms with Crippen molar-refractivity contribution in [2.75, 3.05) is 0 Å². The predicted molar refractivity (Wildman–Crippen MR) is 32.1 cm³/mol. The number of hydrogen-bond donors (Lipinski definition) is 0. The minimum Gasteiger partial charge on any atom is -0.0837 e. The molecule has 0 heterocycles. The molecular weight excluding hydrogens is 92.1 g/mol. The number of thiocarbonyl (C=S) groups is 1. The van der Waals surface area contributed by atoms with Gasteiger partial charge in [0, 0.05) is 5.37 Å². The minimum absolute atomic E-state index is 0.683. The number of rotatable bonds is 2. The van der Waals surface area contributed by atoms with E-state index >= 15 is 0 Å². The molecule has 0 aromatic carbocycles. The molecule has 6 heavy (non-hydrogen) atoms. The maximum Gasteiger partial charge on any atom is 0.0294 e. The average Bonchev–Trinajstić information content (AvgIpc) is 1.35. The zero-order valence-electron chi connectivity index (χ0n) is 4.19. The summed E-state index contributed by atoms with van der Waals surface area (Å²) in [6, 6.07) is 0. The fraction of sp³-hybridized carbons (Fsp3) is 0.800. The Morgan fingerprint density at radius 1 is 1.67 bits per heavy atom. The van der Waals surface area contributed by atoms with Gasteiger partial charge in [0.05, 0.1) is 0 Å². The Kier molecular flexibility index (Phi) is 3.34. The quantitative estimate of drug-likeness (QED) is 0.479. The van der Waals surface area contributed by atoms with Gasteiger partial charge in [-0.05, 0) is 12.3 Å². The van der Waals surface area contributed by atoms with Crippen LogP contribution in [0.5, 0.6) is 0 Å². The van der Waals surface area contributed by atoms with Gasteiger partial charge in [0.2, 0.25) is 0 Å². The van der Waals surface area contributed by atoms with Gasteiger partial charge >= 0.3 is 0 Å². The molecule has 0 rings (SSSR count). The fourth-order valence-electron chi connectivity index (χ4n) is 0.167. The van der Waals surface area contributed by atoms with Gasteiger partial charge in [0.25, 0.3) is 0 Å². The van der Waals surface area contributed by atoms with Gasteiger partial charge in [-0.2, -0.15) is 0 Å². The van der Waals surface area contributed by atoms with E-state index in [1.165, 1.54) is 0 Å². The van der Waals surface area contributed by atoms with Crippen molar-refractivity contribution in [3.63, 3.8) is 0 Å². The molecule has 0 amide bonds. The molecular formula is C5H9S. The van der Waals surface area contributed by atoms with Gasteiger partial charge in [-0.3, -0.25) is 0 Å². The first-order valence-corrected chi connectivity index (χ1v) is 2.53. The Hall–Kier alpha value is 0.0900. The monoisotopic (exact) mass is 101 g/mol. The topological polar surface area (TPSA) is 0 Å². The first-order chi connectivity index (χ1) is 2.77. The molecule has 0 saturated heterocycles. The second-order valence-corrected chi connectivity index (χ2v) is 2.03. The van der Waals surface area contributed by atoms with Crippen LogP contribution in [0.1, 0.15) is 20.3 Å². The largest absolute Gasteiger partial charge is 0.0837 e. The molecule has 0 aliphatic heterocycles. The molecule has 0 nitrogen and oxygen atoms in total. The van der Waals surface area contributed by atoms with Crippen LogP contribution in [0.2, 0.25) is 0 Å². The highest BCUT2D eigenvalue weighted by Gasteiger charge is 1.84. The summed E-state index contributed by atoms with van der Waals surface area (Å²) in [4.78, 5) is 0. The molecule has 0 N–H and O–H groups in total. The lowest BCUT2D eigenvalue weighted by atomic mass is 10.2. The highest BCUT2D eigenvalue weighted by atomic mass is 32.1. The standard InChI is InChI=1S/C5H9S/c1-5(2)3-4-6/h5H,3H2,1-2H3. The van der Waals surface area contributed by atoms with Gasteiger partial charge in [0.1, 0.15) is 0 Å². The average molecular weight is 101 g/mol. The lowest BCUT2D eigenvalue weighted by Crippen LogP contribution is -1.83. The van der Waals surface area contributed by atoms with Crippen LogP contribution in [-0.2, 0) is 0 Å². The first-order valence-electron chi connectivity index (χ1n) is 2.12. The van der Waals surface area contributed by atoms with E-state index in [2.05, 4.69) is 31.4 Å². The third-order valence-corrected chi connectivity index (χ3v) is 0.658. The third kappa shape index (κ3) is 4.09. The summed E-state index contributed by atoms with van der Waals surface area (Å²) >= 11 is 4.48. The zero-order valence-corrected chi connectivity index (χ0v) is 5.01. The van der Waals surface area contributed by atoms with Crippen LogP contribution in [0.15, 0.2) is 0 Å². The molecule has 0 fully saturated rings. The van der Waals surface area contributed by atoms with Crippen molar-refractivity contribution < 1.29 is 0 Å². The summed E-state index contributed by atoms with van der Waals surface area (Å²) in [7, 11) is 0. The van der Waals surface area contributed by atoms with E-state index in [0.717, 1.165) is 6.42 Å². The normalized spacial score (nSPS) is 9.17. The van der Waals surface area contributed by atoms with Crippen LogP contribution in [0, 0.1) is 5.92 Å². The molecule has 0 spiro atoms. The van der Waals surface area contributed by atoms with E-state index in [1.807, 2.05) is 0 Å². The molecule has 1 heteroatoms. The molecule has 0 saturated carbocycles. The second kappa shape index (κ2) is 3.29. The lowest BCUT2D eigenvalue weighted by molar-refractivity contribution is 0.694. The Bertz CT molecular complexity index is 39.2. The summed E-state index contributed by atoms with van der Waals surface area (Å²) in [6.07, 6.45) is 0.940. The van der Waals surface area contributed by atoms with E-state index in [0.29, 0.717) is 5.92 Å². The van der Waals surface area contributed by atoms with Crippen molar-refractivity contribution in [1.29, 1.82) is 0 Å². The van der Waals surface area contributed by atoms with Crippen LogP contribution in [0.4, 0.5) is 0 Å². The molecule has 0 bridgehead atoms. The molecule has 0 aliphatic carbocycles. The molecule has 0 aromatic heterocycles. The van der Waals surface area contributed by atoms with Crippen molar-refractivity contribution in [3.8, 4) is 0 Å². The van der Waals surface area contributed by atoms with Crippen LogP contribution < -0.4 is 0 Å². The van der Waals surface area contributed by atoms with Gasteiger partial charge < -0.3 is 0 Å². The number of hydrogen-bond acceptors (Lipinski definition) is 1. The van der Waals surface area contributed by atoms with Crippen LogP contribution in [0.25, 0.3) is 0 Å². The molecule has 35 valence electrons. The van der Waals surface area contributed by atoms with E-state index in [-0.39, 0.29) is 0 Å². The smallest absolute Gasteiger partial charge is 0.0294 e. The predicted octanol–water partition coefficient (Wildman–Crippen LogP) is 1.91. The molecule has 0 aliphatic rings. The van der Waals surface area contributed by atoms with Crippen molar-refractivity contribution >= 4 is 17.6 Å². The van der Waals surface area contributed by atoms with Crippen LogP contribution in [-0.4, -0.2) is 5.37 Å². The van der Waals surface area contributed by atoms with E-state index in [1.54, 1.807) is 0 Å². The molecule has 0 atom stereocenters. The summed E-state index contributed by atoms with van der Waals surface area (Å²) < 4.78 is 0. The van der Waals surface area contributed by atoms with Crippen LogP contribution in [0.3, 0.4) is 0 Å². The minimum atomic E-state index is 0.683. The van der Waals surface area contributed by atoms with Crippen molar-refractivity contribution in [1.82, 2.24) is 0 Å². The van der Waals surface area contributed by atoms with Gasteiger partial charge in [-0.15, -0.1) is 0 Å². The van der Waals surface area contributed by atoms with E-state index < -0.39 is 0 Å². The Balaban J connectivity index is 2.81. The fourth-order valence-corrected chi connectivity index (χ4v) is 0.500. The van der Waals surface area contributed by atoms with Crippen molar-refractivity contribution in [2.24, 2.45) is 5.92 Å². The summed E-state index contributed by atoms with van der Waals surface area (Å²) in [5, 5.41) is 2.65. The molecule has 1 radical (unpaired) electrons. The van der Waals surface area contributed by atoms with Crippen molar-refractivity contribution in [2.45, 2.75) is 20.3 Å². The maximum absolute atomic E-state index is 4.48. The van der Waals surface area contributed by atoms with Gasteiger partial charge in [-0.25, -0.2) is 0 Å². The lowest BCUT2D eigenvalue weighted by Gasteiger charge is -1.90. The zero-order chi connectivity index (χ0) is 4.99. The van der Waals surface area contributed by atoms with E-state index in [4.69, 9.17) is 0 Å². The summed E-state index contributed by atoms with van der Waals surface area (Å²) in [6.45, 7) is 4.25. The summed E-state index contributed by atoms with van der Waals surface area (Å²) in [5.41, 5.74) is 0.